The summed E-state index contributed by atoms with van der Waals surface area (Å²) in [4.78, 5) is 2.46. The summed E-state index contributed by atoms with van der Waals surface area (Å²) in [5, 5.41) is 3.51. The van der Waals surface area contributed by atoms with Crippen LogP contribution < -0.4 is 15.0 Å². The first-order chi connectivity index (χ1) is 11.4. The van der Waals surface area contributed by atoms with E-state index in [4.69, 9.17) is 4.74 Å². The second-order valence-corrected chi connectivity index (χ2v) is 6.45. The van der Waals surface area contributed by atoms with E-state index in [-0.39, 0.29) is 0 Å². The highest BCUT2D eigenvalue weighted by atomic mass is 16.5. The molecule has 0 unspecified atom stereocenters. The van der Waals surface area contributed by atoms with Crippen LogP contribution in [0, 0.1) is 0 Å². The Morgan fingerprint density at radius 1 is 1.00 bits per heavy atom. The van der Waals surface area contributed by atoms with E-state index < -0.39 is 0 Å². The molecule has 4 rings (SSSR count). The fraction of sp³-hybridized carbons (Fsp3) is 0.400. The van der Waals surface area contributed by atoms with Gasteiger partial charge in [0.1, 0.15) is 12.4 Å². The molecular weight excluding hydrogens is 284 g/mol. The molecule has 0 atom stereocenters. The number of hydrogen-bond donors (Lipinski definition) is 1. The van der Waals surface area contributed by atoms with Crippen molar-refractivity contribution in [1.29, 1.82) is 0 Å². The van der Waals surface area contributed by atoms with Crippen LogP contribution in [0.3, 0.4) is 0 Å². The van der Waals surface area contributed by atoms with Crippen LogP contribution in [0.4, 0.5) is 5.69 Å². The highest BCUT2D eigenvalue weighted by Crippen LogP contribution is 2.36. The van der Waals surface area contributed by atoms with Gasteiger partial charge in [-0.3, -0.25) is 0 Å². The predicted octanol–water partition coefficient (Wildman–Crippen LogP) is 3.16. The fourth-order valence-electron chi connectivity index (χ4n) is 3.59. The number of ether oxygens (including phenoxy) is 1. The molecule has 0 radical (unpaired) electrons. The molecule has 0 saturated carbocycles. The first-order valence-corrected chi connectivity index (χ1v) is 8.68. The van der Waals surface area contributed by atoms with Gasteiger partial charge in [-0.1, -0.05) is 30.3 Å². The number of rotatable bonds is 2. The van der Waals surface area contributed by atoms with E-state index in [0.29, 0.717) is 0 Å². The molecule has 23 heavy (non-hydrogen) atoms. The molecule has 120 valence electrons. The van der Waals surface area contributed by atoms with Crippen LogP contribution in [0.2, 0.25) is 0 Å². The minimum atomic E-state index is 0.778. The number of nitrogens with zero attached hydrogens (tertiary/aromatic N) is 1. The molecule has 2 aromatic carbocycles. The van der Waals surface area contributed by atoms with Gasteiger partial charge in [0.25, 0.3) is 0 Å². The molecule has 0 fully saturated rings. The molecule has 3 nitrogen and oxygen atoms in total. The van der Waals surface area contributed by atoms with Crippen LogP contribution >= 0.6 is 0 Å². The molecule has 0 aliphatic carbocycles. The highest BCUT2D eigenvalue weighted by Gasteiger charge is 2.21. The Morgan fingerprint density at radius 2 is 1.87 bits per heavy atom. The Bertz CT molecular complexity index is 669. The molecule has 0 amide bonds. The minimum Gasteiger partial charge on any atom is -0.490 e. The van der Waals surface area contributed by atoms with Crippen molar-refractivity contribution in [2.24, 2.45) is 0 Å². The number of hydrogen-bond acceptors (Lipinski definition) is 3. The normalized spacial score (nSPS) is 17.5. The SMILES string of the molecule is c1ccc(CN2CCOc3cc4c(cc32)CCNCCC4)cc1. The predicted molar refractivity (Wildman–Crippen MR) is 94.3 cm³/mol. The summed E-state index contributed by atoms with van der Waals surface area (Å²) in [6.45, 7) is 4.89. The van der Waals surface area contributed by atoms with Crippen molar-refractivity contribution in [2.75, 3.05) is 31.1 Å². The van der Waals surface area contributed by atoms with Crippen LogP contribution in [0.25, 0.3) is 0 Å². The van der Waals surface area contributed by atoms with Crippen molar-refractivity contribution < 1.29 is 4.74 Å². The summed E-state index contributed by atoms with van der Waals surface area (Å²) in [6, 6.07) is 15.4. The third kappa shape index (κ3) is 3.20. The van der Waals surface area contributed by atoms with Crippen molar-refractivity contribution in [1.82, 2.24) is 5.32 Å². The third-order valence-electron chi connectivity index (χ3n) is 4.83. The van der Waals surface area contributed by atoms with Gasteiger partial charge in [0.05, 0.1) is 12.2 Å². The Morgan fingerprint density at radius 3 is 2.78 bits per heavy atom. The number of nitrogens with one attached hydrogen (secondary N) is 1. The Balaban J connectivity index is 1.65. The van der Waals surface area contributed by atoms with Gasteiger partial charge in [-0.05, 0) is 61.2 Å². The number of aryl methyl sites for hydroxylation is 1. The average Bonchev–Trinajstić information content (AvgIpc) is 2.56. The van der Waals surface area contributed by atoms with Gasteiger partial charge in [-0.2, -0.15) is 0 Å². The summed E-state index contributed by atoms with van der Waals surface area (Å²) in [5.74, 6) is 1.07. The molecule has 1 N–H and O–H groups in total. The zero-order valence-corrected chi connectivity index (χ0v) is 13.6. The lowest BCUT2D eigenvalue weighted by Crippen LogP contribution is -2.32. The summed E-state index contributed by atoms with van der Waals surface area (Å²) in [5.41, 5.74) is 5.58. The molecule has 0 saturated heterocycles. The maximum atomic E-state index is 5.97. The summed E-state index contributed by atoms with van der Waals surface area (Å²) >= 11 is 0. The first kappa shape index (κ1) is 14.6. The van der Waals surface area contributed by atoms with E-state index in [9.17, 15) is 0 Å². The van der Waals surface area contributed by atoms with Crippen molar-refractivity contribution >= 4 is 5.69 Å². The van der Waals surface area contributed by atoms with Gasteiger partial charge in [-0.25, -0.2) is 0 Å². The third-order valence-corrected chi connectivity index (χ3v) is 4.83. The zero-order chi connectivity index (χ0) is 15.5. The van der Waals surface area contributed by atoms with Crippen LogP contribution in [0.15, 0.2) is 42.5 Å². The van der Waals surface area contributed by atoms with Crippen LogP contribution in [-0.2, 0) is 19.4 Å². The summed E-state index contributed by atoms with van der Waals surface area (Å²) < 4.78 is 5.97. The molecule has 2 aromatic rings. The van der Waals surface area contributed by atoms with E-state index in [1.165, 1.54) is 28.8 Å². The number of fused-ring (bicyclic) bond motifs is 2. The van der Waals surface area contributed by atoms with Gasteiger partial charge in [0, 0.05) is 6.54 Å². The Labute approximate surface area is 138 Å². The van der Waals surface area contributed by atoms with E-state index in [2.05, 4.69) is 52.7 Å². The lowest BCUT2D eigenvalue weighted by molar-refractivity contribution is 0.306. The quantitative estimate of drug-likeness (QED) is 0.922. The van der Waals surface area contributed by atoms with Gasteiger partial charge >= 0.3 is 0 Å². The van der Waals surface area contributed by atoms with Crippen molar-refractivity contribution in [3.63, 3.8) is 0 Å². The number of benzene rings is 2. The van der Waals surface area contributed by atoms with Gasteiger partial charge in [0.15, 0.2) is 0 Å². The van der Waals surface area contributed by atoms with E-state index >= 15 is 0 Å². The Kier molecular flexibility index (Phi) is 4.20. The minimum absolute atomic E-state index is 0.778. The molecule has 3 heteroatoms. The lowest BCUT2D eigenvalue weighted by atomic mass is 9.96. The molecule has 2 aliphatic rings. The zero-order valence-electron chi connectivity index (χ0n) is 13.6. The maximum Gasteiger partial charge on any atom is 0.142 e. The average molecular weight is 308 g/mol. The molecule has 2 aliphatic heterocycles. The van der Waals surface area contributed by atoms with Crippen LogP contribution in [0.1, 0.15) is 23.1 Å². The van der Waals surface area contributed by atoms with Crippen molar-refractivity contribution in [3.8, 4) is 5.75 Å². The summed E-state index contributed by atoms with van der Waals surface area (Å²) in [7, 11) is 0. The van der Waals surface area contributed by atoms with Gasteiger partial charge < -0.3 is 15.0 Å². The molecular formula is C20H24N2O. The lowest BCUT2D eigenvalue weighted by Gasteiger charge is -2.33. The monoisotopic (exact) mass is 308 g/mol. The van der Waals surface area contributed by atoms with Crippen LogP contribution in [-0.4, -0.2) is 26.2 Å². The highest BCUT2D eigenvalue weighted by molar-refractivity contribution is 5.63. The molecule has 0 aromatic heterocycles. The molecule has 2 heterocycles. The van der Waals surface area contributed by atoms with Crippen molar-refractivity contribution in [3.05, 3.63) is 59.2 Å². The van der Waals surface area contributed by atoms with Crippen LogP contribution in [0.5, 0.6) is 5.75 Å². The van der Waals surface area contributed by atoms with Gasteiger partial charge in [0.2, 0.25) is 0 Å². The number of anilines is 1. The largest absolute Gasteiger partial charge is 0.490 e. The summed E-state index contributed by atoms with van der Waals surface area (Å²) in [6.07, 6.45) is 3.47. The topological polar surface area (TPSA) is 24.5 Å². The fourth-order valence-corrected chi connectivity index (χ4v) is 3.59. The second-order valence-electron chi connectivity index (χ2n) is 6.45. The van der Waals surface area contributed by atoms with Crippen molar-refractivity contribution in [2.45, 2.75) is 25.8 Å². The second kappa shape index (κ2) is 6.63. The van der Waals surface area contributed by atoms with Gasteiger partial charge in [-0.15, -0.1) is 0 Å². The Hall–Kier alpha value is -2.00. The smallest absolute Gasteiger partial charge is 0.142 e. The maximum absolute atomic E-state index is 5.97. The van der Waals surface area contributed by atoms with E-state index in [1.807, 2.05) is 0 Å². The molecule has 0 bridgehead atoms. The first-order valence-electron chi connectivity index (χ1n) is 8.68. The standard InChI is InChI=1S/C20H24N2O/c1-2-5-16(6-3-1)15-22-11-12-23-20-14-17-7-4-9-21-10-8-18(17)13-19(20)22/h1-3,5-6,13-14,21H,4,7-12,15H2. The molecule has 0 spiro atoms. The van der Waals surface area contributed by atoms with E-state index in [1.54, 1.807) is 0 Å². The van der Waals surface area contributed by atoms with E-state index in [0.717, 1.165) is 51.4 Å².